The molecule has 5 rings (SSSR count). The van der Waals surface area contributed by atoms with Gasteiger partial charge in [-0.3, -0.25) is 4.79 Å². The average molecular weight is 467 g/mol. The fraction of sp³-hybridized carbons (Fsp3) is 0.458. The molecule has 0 atom stereocenters. The first-order chi connectivity index (χ1) is 16.0. The largest absolute Gasteiger partial charge is 0.381 e. The van der Waals surface area contributed by atoms with E-state index in [0.29, 0.717) is 17.4 Å². The van der Waals surface area contributed by atoms with Gasteiger partial charge in [0.05, 0.1) is 17.1 Å². The van der Waals surface area contributed by atoms with Crippen molar-refractivity contribution in [2.45, 2.75) is 38.5 Å². The lowest BCUT2D eigenvalue weighted by atomic mass is 9.91. The van der Waals surface area contributed by atoms with Gasteiger partial charge in [0, 0.05) is 38.5 Å². The zero-order valence-corrected chi connectivity index (χ0v) is 20.1. The number of nitrogens with one attached hydrogen (secondary N) is 3. The van der Waals surface area contributed by atoms with E-state index in [1.807, 2.05) is 13.0 Å². The number of pyridine rings is 1. The molecule has 1 amide bonds. The van der Waals surface area contributed by atoms with Gasteiger partial charge in [-0.15, -0.1) is 0 Å². The van der Waals surface area contributed by atoms with Crippen LogP contribution in [-0.2, 0) is 9.53 Å². The maximum atomic E-state index is 12.3. The zero-order valence-electron chi connectivity index (χ0n) is 19.3. The number of fused-ring (bicyclic) bond motifs is 1. The number of benzene rings is 1. The lowest BCUT2D eigenvalue weighted by Crippen LogP contribution is -2.15. The van der Waals surface area contributed by atoms with Crippen molar-refractivity contribution in [3.05, 3.63) is 35.7 Å². The van der Waals surface area contributed by atoms with Gasteiger partial charge < -0.3 is 24.7 Å². The van der Waals surface area contributed by atoms with Crippen LogP contribution in [-0.4, -0.2) is 47.4 Å². The van der Waals surface area contributed by atoms with Gasteiger partial charge >= 0.3 is 0 Å². The number of H-pyrrole nitrogens is 1. The van der Waals surface area contributed by atoms with Crippen LogP contribution in [0.3, 0.4) is 0 Å². The number of rotatable bonds is 7. The second-order valence-corrected chi connectivity index (χ2v) is 9.72. The highest BCUT2D eigenvalue weighted by molar-refractivity contribution is 7.99. The second kappa shape index (κ2) is 9.23. The summed E-state index contributed by atoms with van der Waals surface area (Å²) in [5.41, 5.74) is 5.68. The third-order valence-electron chi connectivity index (χ3n) is 6.38. The fourth-order valence-corrected chi connectivity index (χ4v) is 4.63. The molecule has 174 valence electrons. The monoisotopic (exact) mass is 466 g/mol. The van der Waals surface area contributed by atoms with Crippen molar-refractivity contribution in [3.8, 4) is 0 Å². The van der Waals surface area contributed by atoms with Crippen molar-refractivity contribution >= 4 is 51.9 Å². The first-order valence-electron chi connectivity index (χ1n) is 11.5. The Morgan fingerprint density at radius 1 is 1.15 bits per heavy atom. The van der Waals surface area contributed by atoms with Gasteiger partial charge in [-0.2, -0.15) is 0 Å². The van der Waals surface area contributed by atoms with Crippen molar-refractivity contribution in [3.63, 3.8) is 0 Å². The molecule has 1 aromatic carbocycles. The predicted octanol–water partition coefficient (Wildman–Crippen LogP) is 4.97. The van der Waals surface area contributed by atoms with E-state index in [0.717, 1.165) is 67.3 Å². The molecule has 2 aromatic heterocycles. The van der Waals surface area contributed by atoms with E-state index in [1.165, 1.54) is 5.56 Å². The number of carbonyl (C=O) groups excluding carboxylic acids is 1. The summed E-state index contributed by atoms with van der Waals surface area (Å²) in [7, 11) is 2.07. The lowest BCUT2D eigenvalue weighted by molar-refractivity contribution is -0.117. The summed E-state index contributed by atoms with van der Waals surface area (Å²) < 4.78 is 7.71. The molecule has 9 heteroatoms. The van der Waals surface area contributed by atoms with E-state index >= 15 is 0 Å². The molecule has 8 nitrogen and oxygen atoms in total. The van der Waals surface area contributed by atoms with Crippen LogP contribution in [0.4, 0.5) is 22.9 Å². The van der Waals surface area contributed by atoms with E-state index in [4.69, 9.17) is 4.74 Å². The SMILES string of the molecule is CSN(C)c1cc(C2CCOCC2)ccc1Nc1cc(NC(=O)C2CC2)nc2nc(C)[nH]c12. The second-order valence-electron chi connectivity index (χ2n) is 8.81. The van der Waals surface area contributed by atoms with Gasteiger partial charge in [-0.1, -0.05) is 18.0 Å². The number of amides is 1. The van der Waals surface area contributed by atoms with Crippen LogP contribution in [0, 0.1) is 12.8 Å². The van der Waals surface area contributed by atoms with Crippen LogP contribution in [0.15, 0.2) is 24.3 Å². The zero-order chi connectivity index (χ0) is 22.9. The van der Waals surface area contributed by atoms with Crippen molar-refractivity contribution < 1.29 is 9.53 Å². The normalized spacial score (nSPS) is 16.7. The van der Waals surface area contributed by atoms with E-state index < -0.39 is 0 Å². The molecule has 3 heterocycles. The van der Waals surface area contributed by atoms with Gasteiger partial charge in [-0.05, 0) is 56.2 Å². The summed E-state index contributed by atoms with van der Waals surface area (Å²) in [6.45, 7) is 3.55. The van der Waals surface area contributed by atoms with Crippen LogP contribution in [0.5, 0.6) is 0 Å². The molecular formula is C24H30N6O2S. The van der Waals surface area contributed by atoms with Gasteiger partial charge in [0.25, 0.3) is 0 Å². The number of aromatic amines is 1. The molecule has 1 saturated carbocycles. The first kappa shape index (κ1) is 22.0. The molecular weight excluding hydrogens is 436 g/mol. The maximum Gasteiger partial charge on any atom is 0.228 e. The number of hydrogen-bond acceptors (Lipinski definition) is 7. The van der Waals surface area contributed by atoms with Crippen LogP contribution < -0.4 is 14.9 Å². The molecule has 0 radical (unpaired) electrons. The number of anilines is 4. The standard InChI is InChI=1S/C24H30N6O2S/c1-14-25-22-19(13-21(28-23(22)26-14)29-24(31)16-4-5-16)27-18-7-6-17(12-20(18)30(2)33-3)15-8-10-32-11-9-15/h6-7,12-13,15-16H,4-5,8-11H2,1-3H3,(H3,25,26,27,28,29,31). The molecule has 33 heavy (non-hydrogen) atoms. The molecule has 1 saturated heterocycles. The Morgan fingerprint density at radius 3 is 2.67 bits per heavy atom. The van der Waals surface area contributed by atoms with Crippen LogP contribution in [0.1, 0.15) is 43.0 Å². The Labute approximate surface area is 198 Å². The van der Waals surface area contributed by atoms with Gasteiger partial charge in [0.2, 0.25) is 5.91 Å². The molecule has 1 aliphatic heterocycles. The Balaban J connectivity index is 1.50. The number of nitrogens with zero attached hydrogens (tertiary/aromatic N) is 3. The molecule has 0 bridgehead atoms. The number of hydrogen-bond donors (Lipinski definition) is 3. The first-order valence-corrected chi connectivity index (χ1v) is 12.6. The number of carbonyl (C=O) groups is 1. The third-order valence-corrected chi connectivity index (χ3v) is 7.12. The molecule has 1 aliphatic carbocycles. The molecule has 3 N–H and O–H groups in total. The van der Waals surface area contributed by atoms with Crippen molar-refractivity contribution in [2.24, 2.45) is 5.92 Å². The highest BCUT2D eigenvalue weighted by Crippen LogP contribution is 2.38. The summed E-state index contributed by atoms with van der Waals surface area (Å²) in [6, 6.07) is 8.52. The molecule has 0 unspecified atom stereocenters. The maximum absolute atomic E-state index is 12.3. The van der Waals surface area contributed by atoms with Crippen LogP contribution >= 0.6 is 11.9 Å². The van der Waals surface area contributed by atoms with Gasteiger partial charge in [-0.25, -0.2) is 9.97 Å². The van der Waals surface area contributed by atoms with Crippen molar-refractivity contribution in [1.29, 1.82) is 0 Å². The molecule has 2 fully saturated rings. The molecule has 3 aromatic rings. The Kier molecular flexibility index (Phi) is 6.16. The minimum Gasteiger partial charge on any atom is -0.381 e. The minimum absolute atomic E-state index is 0.0312. The summed E-state index contributed by atoms with van der Waals surface area (Å²) in [6.07, 6.45) is 6.07. The van der Waals surface area contributed by atoms with E-state index in [1.54, 1.807) is 11.9 Å². The summed E-state index contributed by atoms with van der Waals surface area (Å²) >= 11 is 1.67. The fourth-order valence-electron chi connectivity index (χ4n) is 4.28. The number of ether oxygens (including phenoxy) is 1. The Hall–Kier alpha value is -2.78. The molecule has 2 aliphatic rings. The quantitative estimate of drug-likeness (QED) is 0.423. The van der Waals surface area contributed by atoms with Gasteiger partial charge in [0.15, 0.2) is 5.65 Å². The average Bonchev–Trinajstić information content (AvgIpc) is 3.61. The van der Waals surface area contributed by atoms with Crippen LogP contribution in [0.2, 0.25) is 0 Å². The Morgan fingerprint density at radius 2 is 1.94 bits per heavy atom. The number of aryl methyl sites for hydroxylation is 1. The topological polar surface area (TPSA) is 95.2 Å². The van der Waals surface area contributed by atoms with E-state index in [9.17, 15) is 4.79 Å². The minimum atomic E-state index is 0.0312. The lowest BCUT2D eigenvalue weighted by Gasteiger charge is -2.26. The third kappa shape index (κ3) is 4.79. The molecule has 0 spiro atoms. The van der Waals surface area contributed by atoms with E-state index in [-0.39, 0.29) is 11.8 Å². The van der Waals surface area contributed by atoms with Crippen LogP contribution in [0.25, 0.3) is 11.2 Å². The Bertz CT molecular complexity index is 1170. The highest BCUT2D eigenvalue weighted by atomic mass is 32.2. The highest BCUT2D eigenvalue weighted by Gasteiger charge is 2.30. The summed E-state index contributed by atoms with van der Waals surface area (Å²) in [5.74, 6) is 1.96. The van der Waals surface area contributed by atoms with Crippen molar-refractivity contribution in [2.75, 3.05) is 41.5 Å². The van der Waals surface area contributed by atoms with Gasteiger partial charge in [0.1, 0.15) is 17.2 Å². The van der Waals surface area contributed by atoms with E-state index in [2.05, 4.69) is 61.4 Å². The summed E-state index contributed by atoms with van der Waals surface area (Å²) in [4.78, 5) is 24.7. The van der Waals surface area contributed by atoms with Crippen molar-refractivity contribution in [1.82, 2.24) is 15.0 Å². The summed E-state index contributed by atoms with van der Waals surface area (Å²) in [5, 5.41) is 6.55. The smallest absolute Gasteiger partial charge is 0.228 e. The number of aromatic nitrogens is 3. The number of imidazole rings is 1. The predicted molar refractivity (Wildman–Crippen MR) is 134 cm³/mol.